The van der Waals surface area contributed by atoms with E-state index in [0.717, 1.165) is 16.7 Å². The van der Waals surface area contributed by atoms with Crippen molar-refractivity contribution in [1.29, 1.82) is 5.26 Å². The molecule has 0 aliphatic carbocycles. The number of nitrogens with zero attached hydrogens (tertiary/aromatic N) is 1. The molecule has 0 aliphatic heterocycles. The van der Waals surface area contributed by atoms with Gasteiger partial charge in [-0.15, -0.1) is 0 Å². The molecule has 0 spiro atoms. The van der Waals surface area contributed by atoms with Crippen molar-refractivity contribution >= 4 is 5.97 Å². The van der Waals surface area contributed by atoms with E-state index in [-0.39, 0.29) is 12.1 Å². The van der Waals surface area contributed by atoms with Crippen LogP contribution in [0.2, 0.25) is 0 Å². The third kappa shape index (κ3) is 7.52. The summed E-state index contributed by atoms with van der Waals surface area (Å²) in [4.78, 5) is 11.6. The second-order valence-electron chi connectivity index (χ2n) is 8.41. The molecule has 0 saturated heterocycles. The summed E-state index contributed by atoms with van der Waals surface area (Å²) in [5.41, 5.74) is 4.32. The van der Waals surface area contributed by atoms with Gasteiger partial charge in [0.05, 0.1) is 37.0 Å². The molecular weight excluding hydrogens is 464 g/mol. The van der Waals surface area contributed by atoms with Crippen LogP contribution in [0.25, 0.3) is 0 Å². The molecule has 0 saturated carbocycles. The molecule has 1 N–H and O–H groups in total. The Hall–Kier alpha value is -4.44. The van der Waals surface area contributed by atoms with Gasteiger partial charge in [0.15, 0.2) is 0 Å². The number of carbonyl (C=O) groups excluding carboxylic acids is 1. The van der Waals surface area contributed by atoms with Crippen LogP contribution in [0.4, 0.5) is 0 Å². The summed E-state index contributed by atoms with van der Waals surface area (Å²) in [6.07, 6.45) is -0.134. The van der Waals surface area contributed by atoms with Crippen molar-refractivity contribution < 1.29 is 19.0 Å². The van der Waals surface area contributed by atoms with E-state index in [0.29, 0.717) is 42.3 Å². The molecule has 37 heavy (non-hydrogen) atoms. The average Bonchev–Trinajstić information content (AvgIpc) is 2.96. The van der Waals surface area contributed by atoms with E-state index in [1.807, 2.05) is 54.6 Å². The van der Waals surface area contributed by atoms with Crippen molar-refractivity contribution in [2.75, 3.05) is 13.7 Å². The lowest BCUT2D eigenvalue weighted by Crippen LogP contribution is -2.23. The first kappa shape index (κ1) is 25.6. The number of nitriles is 1. The van der Waals surface area contributed by atoms with Gasteiger partial charge < -0.3 is 19.5 Å². The highest BCUT2D eigenvalue weighted by Gasteiger charge is 2.12. The van der Waals surface area contributed by atoms with E-state index in [9.17, 15) is 4.79 Å². The minimum atomic E-state index is -0.342. The van der Waals surface area contributed by atoms with Crippen LogP contribution in [0, 0.1) is 11.3 Å². The van der Waals surface area contributed by atoms with Gasteiger partial charge in [0.2, 0.25) is 0 Å². The fraction of sp³-hybridized carbons (Fsp3) is 0.161. The molecule has 1 atom stereocenters. The normalized spacial score (nSPS) is 11.4. The second kappa shape index (κ2) is 13.0. The Morgan fingerprint density at radius 3 is 2.08 bits per heavy atom. The van der Waals surface area contributed by atoms with Crippen molar-refractivity contribution in [2.45, 2.75) is 19.3 Å². The summed E-state index contributed by atoms with van der Waals surface area (Å²) in [5.74, 6) is 1.05. The standard InChI is InChI=1S/C31H28N2O4/c1-35-31(34)27-13-7-24(8-14-27)20-33-21-30(26-5-3-2-4-6-26)36-22-25-11-17-29(18-12-25)37-28-15-9-23(19-32)10-16-28/h2-18,30,33H,20-22H2,1H3/t30-/m0/s1. The molecule has 4 aromatic rings. The van der Waals surface area contributed by atoms with Gasteiger partial charge in [-0.3, -0.25) is 0 Å². The molecule has 0 bridgehead atoms. The Bertz CT molecular complexity index is 1310. The largest absolute Gasteiger partial charge is 0.465 e. The van der Waals surface area contributed by atoms with Crippen LogP contribution >= 0.6 is 0 Å². The molecule has 0 heterocycles. The lowest BCUT2D eigenvalue weighted by Gasteiger charge is -2.19. The van der Waals surface area contributed by atoms with Crippen LogP contribution in [-0.2, 0) is 22.6 Å². The Kier molecular flexibility index (Phi) is 9.03. The Balaban J connectivity index is 1.32. The van der Waals surface area contributed by atoms with E-state index in [2.05, 4.69) is 23.5 Å². The van der Waals surface area contributed by atoms with Gasteiger partial charge in [0.1, 0.15) is 11.5 Å². The molecule has 0 amide bonds. The van der Waals surface area contributed by atoms with Crippen molar-refractivity contribution in [3.63, 3.8) is 0 Å². The smallest absolute Gasteiger partial charge is 0.337 e. The fourth-order valence-electron chi connectivity index (χ4n) is 3.75. The van der Waals surface area contributed by atoms with Crippen LogP contribution in [0.5, 0.6) is 11.5 Å². The summed E-state index contributed by atoms with van der Waals surface area (Å²) in [6, 6.07) is 34.4. The monoisotopic (exact) mass is 492 g/mol. The first-order valence-corrected chi connectivity index (χ1v) is 12.0. The summed E-state index contributed by atoms with van der Waals surface area (Å²) in [7, 11) is 1.38. The van der Waals surface area contributed by atoms with Crippen LogP contribution in [0.1, 0.15) is 38.7 Å². The Labute approximate surface area is 217 Å². The second-order valence-corrected chi connectivity index (χ2v) is 8.41. The number of benzene rings is 4. The molecule has 6 heteroatoms. The van der Waals surface area contributed by atoms with Crippen molar-refractivity contribution in [3.05, 3.63) is 131 Å². The minimum absolute atomic E-state index is 0.134. The number of hydrogen-bond acceptors (Lipinski definition) is 6. The van der Waals surface area contributed by atoms with E-state index >= 15 is 0 Å². The van der Waals surface area contributed by atoms with E-state index < -0.39 is 0 Å². The van der Waals surface area contributed by atoms with Crippen LogP contribution in [0.15, 0.2) is 103 Å². The Morgan fingerprint density at radius 1 is 0.838 bits per heavy atom. The minimum Gasteiger partial charge on any atom is -0.465 e. The van der Waals surface area contributed by atoms with E-state index in [1.54, 1.807) is 36.4 Å². The van der Waals surface area contributed by atoms with Gasteiger partial charge in [-0.05, 0) is 65.2 Å². The Morgan fingerprint density at radius 2 is 1.46 bits per heavy atom. The van der Waals surface area contributed by atoms with Gasteiger partial charge in [-0.2, -0.15) is 5.26 Å². The number of hydrogen-bond donors (Lipinski definition) is 1. The molecular formula is C31H28N2O4. The average molecular weight is 493 g/mol. The molecule has 4 rings (SSSR count). The molecule has 0 radical (unpaired) electrons. The number of nitrogens with one attached hydrogen (secondary N) is 1. The molecule has 6 nitrogen and oxygen atoms in total. The lowest BCUT2D eigenvalue weighted by atomic mass is 10.1. The van der Waals surface area contributed by atoms with Gasteiger partial charge in [-0.25, -0.2) is 4.79 Å². The van der Waals surface area contributed by atoms with Gasteiger partial charge in [0.25, 0.3) is 0 Å². The highest BCUT2D eigenvalue weighted by molar-refractivity contribution is 5.89. The van der Waals surface area contributed by atoms with Crippen LogP contribution in [0.3, 0.4) is 0 Å². The van der Waals surface area contributed by atoms with E-state index in [4.69, 9.17) is 19.5 Å². The maximum atomic E-state index is 11.6. The van der Waals surface area contributed by atoms with Gasteiger partial charge in [-0.1, -0.05) is 54.6 Å². The molecule has 0 unspecified atom stereocenters. The molecule has 0 aliphatic rings. The lowest BCUT2D eigenvalue weighted by molar-refractivity contribution is 0.0396. The summed E-state index contributed by atoms with van der Waals surface area (Å²) in [6.45, 7) is 1.73. The number of carbonyl (C=O) groups is 1. The van der Waals surface area contributed by atoms with Gasteiger partial charge in [0, 0.05) is 13.1 Å². The zero-order chi connectivity index (χ0) is 25.9. The molecule has 0 aromatic heterocycles. The summed E-state index contributed by atoms with van der Waals surface area (Å²) in [5, 5.41) is 12.4. The number of rotatable bonds is 11. The fourth-order valence-corrected chi connectivity index (χ4v) is 3.75. The van der Waals surface area contributed by atoms with Crippen LogP contribution < -0.4 is 10.1 Å². The third-order valence-corrected chi connectivity index (χ3v) is 5.80. The first-order chi connectivity index (χ1) is 18.1. The highest BCUT2D eigenvalue weighted by Crippen LogP contribution is 2.24. The predicted molar refractivity (Wildman–Crippen MR) is 141 cm³/mol. The maximum Gasteiger partial charge on any atom is 0.337 e. The number of methoxy groups -OCH3 is 1. The van der Waals surface area contributed by atoms with Crippen molar-refractivity contribution in [3.8, 4) is 17.6 Å². The molecule has 186 valence electrons. The third-order valence-electron chi connectivity index (χ3n) is 5.80. The predicted octanol–water partition coefficient (Wildman–Crippen LogP) is 6.18. The summed E-state index contributed by atoms with van der Waals surface area (Å²) < 4.78 is 16.9. The van der Waals surface area contributed by atoms with Crippen LogP contribution in [-0.4, -0.2) is 19.6 Å². The SMILES string of the molecule is COC(=O)c1ccc(CNC[C@H](OCc2ccc(Oc3ccc(C#N)cc3)cc2)c2ccccc2)cc1. The van der Waals surface area contributed by atoms with Crippen molar-refractivity contribution in [1.82, 2.24) is 5.32 Å². The number of ether oxygens (including phenoxy) is 3. The number of esters is 1. The topological polar surface area (TPSA) is 80.6 Å². The maximum absolute atomic E-state index is 11.6. The van der Waals surface area contributed by atoms with Crippen molar-refractivity contribution in [2.24, 2.45) is 0 Å². The molecule has 0 fully saturated rings. The first-order valence-electron chi connectivity index (χ1n) is 12.0. The van der Waals surface area contributed by atoms with E-state index in [1.165, 1.54) is 7.11 Å². The zero-order valence-electron chi connectivity index (χ0n) is 20.6. The molecule has 4 aromatic carbocycles. The summed E-state index contributed by atoms with van der Waals surface area (Å²) >= 11 is 0. The highest BCUT2D eigenvalue weighted by atomic mass is 16.5. The quantitative estimate of drug-likeness (QED) is 0.252. The van der Waals surface area contributed by atoms with Gasteiger partial charge >= 0.3 is 5.97 Å². The zero-order valence-corrected chi connectivity index (χ0v) is 20.6.